The third-order valence-corrected chi connectivity index (χ3v) is 8.13. The molecule has 58 heavy (non-hydrogen) atoms. The van der Waals surface area contributed by atoms with Crippen molar-refractivity contribution in [1.29, 1.82) is 0 Å². The number of hydrogen-bond donors (Lipinski definition) is 4. The lowest BCUT2D eigenvalue weighted by Crippen LogP contribution is -2.54. The second-order valence-electron chi connectivity index (χ2n) is 11.8. The van der Waals surface area contributed by atoms with E-state index < -0.39 is 99.9 Å². The van der Waals surface area contributed by atoms with E-state index in [-0.39, 0.29) is 23.4 Å². The SMILES string of the molecule is O=C(Nc1cc(OCCc2cc(NC(=O)c3ccc(-n4ccnc4)nn3)c(C(O)(C(F)(F)F)C(F)(F)F)cc2F)c(F)cc1C(=O)O)c1ccc(-n2ccnc2)nn1. The normalized spacial score (nSPS) is 11.9. The van der Waals surface area contributed by atoms with E-state index in [9.17, 15) is 50.9 Å². The summed E-state index contributed by atoms with van der Waals surface area (Å²) in [7, 11) is 0. The van der Waals surface area contributed by atoms with Crippen molar-refractivity contribution >= 4 is 29.2 Å². The van der Waals surface area contributed by atoms with Crippen LogP contribution in [0.25, 0.3) is 11.6 Å². The van der Waals surface area contributed by atoms with Crippen molar-refractivity contribution in [3.8, 4) is 17.4 Å². The van der Waals surface area contributed by atoms with Crippen LogP contribution < -0.4 is 15.4 Å². The number of alkyl halides is 6. The number of aromatic carboxylic acids is 1. The fraction of sp³-hybridized carbons (Fsp3) is 0.147. The van der Waals surface area contributed by atoms with Gasteiger partial charge in [-0.25, -0.2) is 23.5 Å². The molecule has 6 rings (SSSR count). The number of carboxylic acids is 1. The van der Waals surface area contributed by atoms with E-state index >= 15 is 8.78 Å². The number of benzene rings is 2. The zero-order chi connectivity index (χ0) is 42.0. The fourth-order valence-electron chi connectivity index (χ4n) is 5.22. The molecule has 0 fully saturated rings. The summed E-state index contributed by atoms with van der Waals surface area (Å²) in [6, 6.07) is 6.19. The van der Waals surface area contributed by atoms with Gasteiger partial charge < -0.3 is 25.6 Å². The lowest BCUT2D eigenvalue weighted by Gasteiger charge is -2.34. The van der Waals surface area contributed by atoms with E-state index in [1.165, 1.54) is 58.6 Å². The molecule has 4 aromatic heterocycles. The lowest BCUT2D eigenvalue weighted by molar-refractivity contribution is -0.376. The zero-order valence-corrected chi connectivity index (χ0v) is 28.6. The molecule has 0 aliphatic carbocycles. The number of carbonyl (C=O) groups is 3. The Hall–Kier alpha value is -7.37. The van der Waals surface area contributed by atoms with Crippen molar-refractivity contribution < 1.29 is 64.5 Å². The van der Waals surface area contributed by atoms with Crippen LogP contribution in [0.4, 0.5) is 46.5 Å². The zero-order valence-electron chi connectivity index (χ0n) is 28.6. The van der Waals surface area contributed by atoms with Gasteiger partial charge in [0.05, 0.1) is 17.9 Å². The van der Waals surface area contributed by atoms with Crippen LogP contribution in [0.15, 0.2) is 86.0 Å². The van der Waals surface area contributed by atoms with Crippen molar-refractivity contribution in [3.63, 3.8) is 0 Å². The summed E-state index contributed by atoms with van der Waals surface area (Å²) in [4.78, 5) is 45.5. The van der Waals surface area contributed by atoms with Crippen molar-refractivity contribution in [3.05, 3.63) is 126 Å². The molecule has 0 radical (unpaired) electrons. The fourth-order valence-corrected chi connectivity index (χ4v) is 5.22. The Balaban J connectivity index is 1.26. The molecule has 4 heterocycles. The van der Waals surface area contributed by atoms with Gasteiger partial charge in [-0.15, -0.1) is 20.4 Å². The van der Waals surface area contributed by atoms with E-state index in [1.54, 1.807) is 11.5 Å². The molecule has 2 aromatic carbocycles. The third kappa shape index (κ3) is 8.11. The maximum absolute atomic E-state index is 15.4. The van der Waals surface area contributed by atoms with Gasteiger partial charge in [0.25, 0.3) is 17.4 Å². The number of hydrogen-bond acceptors (Lipinski definition) is 11. The molecule has 0 saturated carbocycles. The summed E-state index contributed by atoms with van der Waals surface area (Å²) >= 11 is 0. The van der Waals surface area contributed by atoms with Crippen LogP contribution in [0, 0.1) is 11.6 Å². The first-order valence-electron chi connectivity index (χ1n) is 16.0. The molecular formula is C34H22F8N10O6. The summed E-state index contributed by atoms with van der Waals surface area (Å²) in [6.45, 7) is -0.772. The van der Waals surface area contributed by atoms with Crippen molar-refractivity contribution in [1.82, 2.24) is 39.5 Å². The number of anilines is 2. The second kappa shape index (κ2) is 15.6. The Kier molecular flexibility index (Phi) is 10.9. The molecule has 0 aliphatic heterocycles. The molecule has 24 heteroatoms. The van der Waals surface area contributed by atoms with Gasteiger partial charge in [0, 0.05) is 48.5 Å². The Bertz CT molecular complexity index is 2450. The Morgan fingerprint density at radius 3 is 1.69 bits per heavy atom. The number of ether oxygens (including phenoxy) is 1. The number of aliphatic hydroxyl groups is 1. The first-order chi connectivity index (χ1) is 27.4. The molecule has 0 saturated heterocycles. The van der Waals surface area contributed by atoms with Crippen molar-refractivity contribution in [2.45, 2.75) is 24.4 Å². The van der Waals surface area contributed by atoms with Crippen LogP contribution in [0.3, 0.4) is 0 Å². The highest BCUT2D eigenvalue weighted by atomic mass is 19.4. The first kappa shape index (κ1) is 40.3. The van der Waals surface area contributed by atoms with E-state index in [0.29, 0.717) is 12.1 Å². The number of nitrogens with zero attached hydrogens (tertiary/aromatic N) is 8. The average molecular weight is 819 g/mol. The van der Waals surface area contributed by atoms with Crippen LogP contribution in [0.5, 0.6) is 5.75 Å². The van der Waals surface area contributed by atoms with Crippen molar-refractivity contribution in [2.75, 3.05) is 17.2 Å². The molecule has 300 valence electrons. The number of nitrogens with one attached hydrogen (secondary N) is 2. The Morgan fingerprint density at radius 2 is 1.24 bits per heavy atom. The monoisotopic (exact) mass is 818 g/mol. The van der Waals surface area contributed by atoms with Gasteiger partial charge in [-0.05, 0) is 48.0 Å². The predicted molar refractivity (Wildman–Crippen MR) is 179 cm³/mol. The highest BCUT2D eigenvalue weighted by Gasteiger charge is 2.72. The average Bonchev–Trinajstić information content (AvgIpc) is 3.92. The predicted octanol–water partition coefficient (Wildman–Crippen LogP) is 5.05. The van der Waals surface area contributed by atoms with Crippen LogP contribution in [-0.2, 0) is 12.0 Å². The number of imidazole rings is 2. The molecule has 16 nitrogen and oxygen atoms in total. The van der Waals surface area contributed by atoms with E-state index in [2.05, 4.69) is 35.7 Å². The Morgan fingerprint density at radius 1 is 0.707 bits per heavy atom. The third-order valence-electron chi connectivity index (χ3n) is 8.13. The standard InChI is InChI=1S/C34H22F8N10O6/c35-20-13-19(32(57,33(37,38)39)34(40,41)42)25(46-30(54)23-2-4-28(50-48-23)52-9-7-44-16-52)11-17(20)5-10-58-26-14-24(18(31(55)56)12-21(26)36)45-29(53)22-1-3-27(49-47-22)51-8-6-43-15-51/h1-4,6-9,11-16,57H,5,10H2,(H,45,53)(H,46,54)(H,55,56). The number of rotatable bonds is 12. The Labute approximate surface area is 317 Å². The molecule has 2 amide bonds. The largest absolute Gasteiger partial charge is 0.490 e. The summed E-state index contributed by atoms with van der Waals surface area (Å²) in [5.74, 6) is -7.45. The minimum absolute atomic E-state index is 0.122. The number of aromatic nitrogens is 8. The number of carboxylic acid groups (broad SMARTS) is 1. The smallest absolute Gasteiger partial charge is 0.430 e. The molecule has 0 unspecified atom stereocenters. The van der Waals surface area contributed by atoms with Crippen LogP contribution in [0.2, 0.25) is 0 Å². The minimum atomic E-state index is -6.49. The number of halogens is 8. The van der Waals surface area contributed by atoms with Gasteiger partial charge in [0.15, 0.2) is 34.6 Å². The maximum Gasteiger partial charge on any atom is 0.430 e. The number of amides is 2. The van der Waals surface area contributed by atoms with Crippen molar-refractivity contribution in [2.24, 2.45) is 0 Å². The second-order valence-corrected chi connectivity index (χ2v) is 11.8. The minimum Gasteiger partial charge on any atom is -0.490 e. The molecular weight excluding hydrogens is 796 g/mol. The van der Waals surface area contributed by atoms with Crippen LogP contribution in [-0.4, -0.2) is 86.5 Å². The highest BCUT2D eigenvalue weighted by Crippen LogP contribution is 2.52. The molecule has 0 atom stereocenters. The first-order valence-corrected chi connectivity index (χ1v) is 16.0. The van der Waals surface area contributed by atoms with E-state index in [1.807, 2.05) is 0 Å². The van der Waals surface area contributed by atoms with Gasteiger partial charge in [-0.1, -0.05) is 0 Å². The van der Waals surface area contributed by atoms with Gasteiger partial charge >= 0.3 is 18.3 Å². The molecule has 6 aromatic rings. The maximum atomic E-state index is 15.4. The van der Waals surface area contributed by atoms with Gasteiger partial charge in [0.2, 0.25) is 0 Å². The van der Waals surface area contributed by atoms with Gasteiger partial charge in [-0.3, -0.25) is 18.7 Å². The van der Waals surface area contributed by atoms with Gasteiger partial charge in [0.1, 0.15) is 18.5 Å². The molecule has 0 aliphatic rings. The highest BCUT2D eigenvalue weighted by molar-refractivity contribution is 6.07. The van der Waals surface area contributed by atoms with Crippen LogP contribution >= 0.6 is 0 Å². The summed E-state index contributed by atoms with van der Waals surface area (Å²) in [6.07, 6.45) is -5.14. The summed E-state index contributed by atoms with van der Waals surface area (Å²) in [5, 5.41) is 38.8. The quantitative estimate of drug-likeness (QED) is 0.120. The molecule has 0 spiro atoms. The number of carbonyl (C=O) groups excluding carboxylic acids is 2. The summed E-state index contributed by atoms with van der Waals surface area (Å²) < 4.78 is 122. The van der Waals surface area contributed by atoms with E-state index in [4.69, 9.17) is 4.74 Å². The lowest BCUT2D eigenvalue weighted by atomic mass is 9.89. The van der Waals surface area contributed by atoms with Crippen LogP contribution in [0.1, 0.15) is 42.5 Å². The summed E-state index contributed by atoms with van der Waals surface area (Å²) in [5.41, 5.74) is -12.0. The molecule has 4 N–H and O–H groups in total. The van der Waals surface area contributed by atoms with Gasteiger partial charge in [-0.2, -0.15) is 26.3 Å². The van der Waals surface area contributed by atoms with E-state index in [0.717, 1.165) is 12.1 Å². The molecule has 0 bridgehead atoms. The topological polar surface area (TPSA) is 212 Å².